The molecule has 0 saturated carbocycles. The van der Waals surface area contributed by atoms with Gasteiger partial charge < -0.3 is 36.0 Å². The molecule has 2 saturated heterocycles. The number of benzene rings is 1. The summed E-state index contributed by atoms with van der Waals surface area (Å²) in [6.45, 7) is 5.75. The average Bonchev–Trinajstić information content (AvgIpc) is 2.92. The lowest BCUT2D eigenvalue weighted by molar-refractivity contribution is -0.141. The van der Waals surface area contributed by atoms with Gasteiger partial charge in [-0.05, 0) is 37.5 Å². The molecule has 0 bridgehead atoms. The number of hydrogen-bond acceptors (Lipinski definition) is 9. The predicted molar refractivity (Wildman–Crippen MR) is 139 cm³/mol. The second kappa shape index (κ2) is 13.2. The van der Waals surface area contributed by atoms with Crippen LogP contribution in [0.15, 0.2) is 29.3 Å². The fourth-order valence-corrected chi connectivity index (χ4v) is 4.65. The highest BCUT2D eigenvalue weighted by Crippen LogP contribution is 2.21. The number of amides is 2. The molecule has 3 aliphatic rings. The van der Waals surface area contributed by atoms with E-state index in [0.29, 0.717) is 37.9 Å². The zero-order chi connectivity index (χ0) is 26.0. The summed E-state index contributed by atoms with van der Waals surface area (Å²) in [5.41, 5.74) is 1.40. The molecule has 12 nitrogen and oxygen atoms in total. The van der Waals surface area contributed by atoms with E-state index in [1.165, 1.54) is 0 Å². The Kier molecular flexibility index (Phi) is 9.55. The van der Waals surface area contributed by atoms with E-state index in [9.17, 15) is 19.5 Å². The van der Waals surface area contributed by atoms with Gasteiger partial charge in [0, 0.05) is 63.1 Å². The number of nitrogens with zero attached hydrogens (tertiary/aromatic N) is 3. The van der Waals surface area contributed by atoms with Crippen molar-refractivity contribution in [3.05, 3.63) is 29.8 Å². The van der Waals surface area contributed by atoms with Crippen molar-refractivity contribution in [2.75, 3.05) is 70.5 Å². The Morgan fingerprint density at radius 3 is 2.65 bits per heavy atom. The second-order valence-corrected chi connectivity index (χ2v) is 9.52. The quantitative estimate of drug-likeness (QED) is 0.286. The van der Waals surface area contributed by atoms with E-state index >= 15 is 0 Å². The van der Waals surface area contributed by atoms with Gasteiger partial charge in [-0.25, -0.2) is 4.79 Å². The van der Waals surface area contributed by atoms with Crippen LogP contribution in [0.5, 0.6) is 0 Å². The molecule has 3 aliphatic heterocycles. The highest BCUT2D eigenvalue weighted by atomic mass is 16.5. The molecule has 1 aromatic carbocycles. The number of nitrogens with one attached hydrogen (secondary N) is 4. The zero-order valence-electron chi connectivity index (χ0n) is 21.1. The molecule has 1 atom stereocenters. The van der Waals surface area contributed by atoms with Crippen LogP contribution >= 0.6 is 0 Å². The maximum absolute atomic E-state index is 12.8. The van der Waals surface area contributed by atoms with Gasteiger partial charge in [0.05, 0.1) is 19.8 Å². The van der Waals surface area contributed by atoms with Gasteiger partial charge in [0.1, 0.15) is 6.04 Å². The summed E-state index contributed by atoms with van der Waals surface area (Å²) >= 11 is 0. The maximum Gasteiger partial charge on any atom is 0.328 e. The number of morpholine rings is 1. The minimum absolute atomic E-state index is 0.0972. The molecule has 0 radical (unpaired) electrons. The molecule has 2 amide bonds. The smallest absolute Gasteiger partial charge is 0.328 e. The molecule has 0 aromatic heterocycles. The Morgan fingerprint density at radius 2 is 1.95 bits per heavy atom. The van der Waals surface area contributed by atoms with Crippen LogP contribution in [-0.2, 0) is 14.3 Å². The van der Waals surface area contributed by atoms with E-state index < -0.39 is 17.9 Å². The van der Waals surface area contributed by atoms with E-state index in [1.54, 1.807) is 6.07 Å². The van der Waals surface area contributed by atoms with Gasteiger partial charge in [-0.3, -0.25) is 19.5 Å². The van der Waals surface area contributed by atoms with Gasteiger partial charge in [0.15, 0.2) is 5.96 Å². The molecule has 202 valence electrons. The first-order chi connectivity index (χ1) is 18.0. The molecule has 0 unspecified atom stereocenters. The Labute approximate surface area is 216 Å². The number of ether oxygens (including phenoxy) is 1. The van der Waals surface area contributed by atoms with Crippen molar-refractivity contribution in [2.45, 2.75) is 31.3 Å². The normalized spacial score (nSPS) is 19.8. The van der Waals surface area contributed by atoms with E-state index in [4.69, 9.17) is 4.74 Å². The lowest BCUT2D eigenvalue weighted by atomic mass is 10.0. The van der Waals surface area contributed by atoms with Crippen LogP contribution < -0.4 is 26.2 Å². The summed E-state index contributed by atoms with van der Waals surface area (Å²) in [5, 5.41) is 21.5. The predicted octanol–water partition coefficient (Wildman–Crippen LogP) is -0.774. The fraction of sp³-hybridized carbons (Fsp3) is 0.600. The lowest BCUT2D eigenvalue weighted by Crippen LogP contribution is -2.52. The van der Waals surface area contributed by atoms with Crippen LogP contribution in [0.3, 0.4) is 0 Å². The molecule has 0 spiro atoms. The van der Waals surface area contributed by atoms with Crippen LogP contribution in [0.25, 0.3) is 0 Å². The van der Waals surface area contributed by atoms with Gasteiger partial charge in [0.25, 0.3) is 5.91 Å². The molecular weight excluding hydrogens is 478 g/mol. The zero-order valence-corrected chi connectivity index (χ0v) is 21.1. The largest absolute Gasteiger partial charge is 0.480 e. The van der Waals surface area contributed by atoms with Crippen molar-refractivity contribution >= 4 is 29.4 Å². The molecule has 4 rings (SSSR count). The summed E-state index contributed by atoms with van der Waals surface area (Å²) in [5.74, 6) is -1.08. The SMILES string of the molecule is O=C(CN1CCOCC1)N[C@@H](CNC(=O)c1cccc(N2CCC(NC3=NCCCN3)CC2)c1)C(=O)O. The highest BCUT2D eigenvalue weighted by Gasteiger charge is 2.24. The molecule has 5 N–H and O–H groups in total. The molecular formula is C25H37N7O5. The van der Waals surface area contributed by atoms with Crippen molar-refractivity contribution in [2.24, 2.45) is 4.99 Å². The van der Waals surface area contributed by atoms with E-state index in [2.05, 4.69) is 31.2 Å². The van der Waals surface area contributed by atoms with Gasteiger partial charge in [-0.15, -0.1) is 0 Å². The van der Waals surface area contributed by atoms with E-state index in [-0.39, 0.29) is 19.0 Å². The number of carboxylic acids is 1. The minimum Gasteiger partial charge on any atom is -0.480 e. The number of carbonyl (C=O) groups is 3. The van der Waals surface area contributed by atoms with Gasteiger partial charge in [-0.1, -0.05) is 6.07 Å². The summed E-state index contributed by atoms with van der Waals surface area (Å²) in [6.07, 6.45) is 2.98. The summed E-state index contributed by atoms with van der Waals surface area (Å²) < 4.78 is 5.26. The first kappa shape index (κ1) is 26.7. The molecule has 3 heterocycles. The number of hydrogen-bond donors (Lipinski definition) is 5. The van der Waals surface area contributed by atoms with Crippen molar-refractivity contribution in [1.29, 1.82) is 0 Å². The average molecular weight is 516 g/mol. The number of rotatable bonds is 9. The number of anilines is 1. The number of piperidine rings is 1. The van der Waals surface area contributed by atoms with Crippen molar-refractivity contribution in [3.8, 4) is 0 Å². The van der Waals surface area contributed by atoms with Crippen LogP contribution in [0.1, 0.15) is 29.6 Å². The number of carboxylic acid groups (broad SMARTS) is 1. The topological polar surface area (TPSA) is 148 Å². The number of guanidine groups is 1. The van der Waals surface area contributed by atoms with E-state index in [0.717, 1.165) is 57.1 Å². The van der Waals surface area contributed by atoms with Crippen molar-refractivity contribution in [1.82, 2.24) is 26.2 Å². The fourth-order valence-electron chi connectivity index (χ4n) is 4.65. The summed E-state index contributed by atoms with van der Waals surface area (Å²) in [4.78, 5) is 45.4. The molecule has 1 aromatic rings. The monoisotopic (exact) mass is 515 g/mol. The minimum atomic E-state index is -1.21. The molecule has 0 aliphatic carbocycles. The van der Waals surface area contributed by atoms with Crippen LogP contribution in [-0.4, -0.2) is 111 Å². The maximum atomic E-state index is 12.8. The molecule has 37 heavy (non-hydrogen) atoms. The first-order valence-electron chi connectivity index (χ1n) is 13.0. The van der Waals surface area contributed by atoms with Crippen molar-refractivity contribution in [3.63, 3.8) is 0 Å². The van der Waals surface area contributed by atoms with Gasteiger partial charge in [-0.2, -0.15) is 0 Å². The lowest BCUT2D eigenvalue weighted by Gasteiger charge is -2.35. The number of aliphatic imine (C=N–C) groups is 1. The second-order valence-electron chi connectivity index (χ2n) is 9.52. The van der Waals surface area contributed by atoms with Gasteiger partial charge in [0.2, 0.25) is 5.91 Å². The Morgan fingerprint density at radius 1 is 1.16 bits per heavy atom. The Balaban J connectivity index is 1.25. The number of aliphatic carboxylic acids is 1. The van der Waals surface area contributed by atoms with Crippen LogP contribution in [0.2, 0.25) is 0 Å². The van der Waals surface area contributed by atoms with Crippen molar-refractivity contribution < 1.29 is 24.2 Å². The highest BCUT2D eigenvalue weighted by molar-refractivity contribution is 5.95. The third-order valence-electron chi connectivity index (χ3n) is 6.78. The first-order valence-corrected chi connectivity index (χ1v) is 13.0. The summed E-state index contributed by atoms with van der Waals surface area (Å²) in [6, 6.07) is 6.47. The van der Waals surface area contributed by atoms with Crippen LogP contribution in [0, 0.1) is 0 Å². The standard InChI is InChI=1S/C25H37N7O5/c33-22(17-31-11-13-37-14-12-31)30-21(24(35)36)16-28-23(34)18-3-1-4-20(15-18)32-9-5-19(6-10-32)29-25-26-7-2-8-27-25/h1,3-4,15,19,21H,2,5-14,16-17H2,(H,28,34)(H,30,33)(H,35,36)(H2,26,27,29)/t21-/m0/s1. The molecule has 2 fully saturated rings. The molecule has 12 heteroatoms. The third-order valence-corrected chi connectivity index (χ3v) is 6.78. The van der Waals surface area contributed by atoms with Gasteiger partial charge >= 0.3 is 5.97 Å². The van der Waals surface area contributed by atoms with Crippen LogP contribution in [0.4, 0.5) is 5.69 Å². The Hall–Kier alpha value is -3.38. The third kappa shape index (κ3) is 8.05. The Bertz CT molecular complexity index is 974. The van der Waals surface area contributed by atoms with E-state index in [1.807, 2.05) is 23.1 Å². The number of carbonyl (C=O) groups excluding carboxylic acids is 2. The summed E-state index contributed by atoms with van der Waals surface area (Å²) in [7, 11) is 0.